The molecule has 0 saturated heterocycles. The van der Waals surface area contributed by atoms with Crippen LogP contribution in [0.5, 0.6) is 0 Å². The van der Waals surface area contributed by atoms with Crippen LogP contribution in [0.25, 0.3) is 0 Å². The van der Waals surface area contributed by atoms with Gasteiger partial charge in [-0.25, -0.2) is 0 Å². The fourth-order valence-electron chi connectivity index (χ4n) is 1.20. The third-order valence-corrected chi connectivity index (χ3v) is 2.54. The minimum Gasteiger partial charge on any atom is -0.339 e. The quantitative estimate of drug-likeness (QED) is 0.613. The minimum absolute atomic E-state index is 0.185. The number of carbonyl (C=O) groups is 1. The van der Waals surface area contributed by atoms with Crippen LogP contribution in [0.15, 0.2) is 11.1 Å². The van der Waals surface area contributed by atoms with Crippen LogP contribution in [0, 0.1) is 0 Å². The lowest BCUT2D eigenvalue weighted by molar-refractivity contribution is -0.126. The lowest BCUT2D eigenvalue weighted by Crippen LogP contribution is -2.31. The number of carbonyl (C=O) groups excluding carboxylic acids is 1. The van der Waals surface area contributed by atoms with Gasteiger partial charge in [0, 0.05) is 18.7 Å². The molecule has 0 rings (SSSR count). The smallest absolute Gasteiger partial charge is 0.249 e. The van der Waals surface area contributed by atoms with E-state index in [0.717, 1.165) is 25.1 Å². The van der Waals surface area contributed by atoms with Crippen LogP contribution < -0.4 is 0 Å². The van der Waals surface area contributed by atoms with Gasteiger partial charge >= 0.3 is 0 Å². The van der Waals surface area contributed by atoms with Crippen molar-refractivity contribution >= 4 is 5.91 Å². The Kier molecular flexibility index (Phi) is 5.44. The molecule has 0 aliphatic rings. The highest BCUT2D eigenvalue weighted by Crippen LogP contribution is 2.10. The molecule has 76 valence electrons. The fraction of sp³-hybridized carbons (Fsp3) is 0.727. The summed E-state index contributed by atoms with van der Waals surface area (Å²) in [6.07, 6.45) is 0.957. The Morgan fingerprint density at radius 3 is 1.85 bits per heavy atom. The number of allylic oxidation sites excluding steroid dienone is 1. The summed E-state index contributed by atoms with van der Waals surface area (Å²) in [5, 5.41) is 0. The Morgan fingerprint density at radius 2 is 1.54 bits per heavy atom. The summed E-state index contributed by atoms with van der Waals surface area (Å²) in [7, 11) is 0. The molecule has 0 aromatic heterocycles. The first-order valence-corrected chi connectivity index (χ1v) is 5.04. The number of nitrogens with zero attached hydrogens (tertiary/aromatic N) is 1. The number of hydrogen-bond donors (Lipinski definition) is 0. The van der Waals surface area contributed by atoms with E-state index in [-0.39, 0.29) is 5.91 Å². The zero-order chi connectivity index (χ0) is 10.4. The molecule has 0 N–H and O–H groups in total. The lowest BCUT2D eigenvalue weighted by Gasteiger charge is -2.19. The second-order valence-corrected chi connectivity index (χ2v) is 3.24. The van der Waals surface area contributed by atoms with Gasteiger partial charge < -0.3 is 4.90 Å². The van der Waals surface area contributed by atoms with Gasteiger partial charge in [-0.1, -0.05) is 12.5 Å². The van der Waals surface area contributed by atoms with E-state index >= 15 is 0 Å². The molecule has 0 saturated carbocycles. The molecular weight excluding hydrogens is 162 g/mol. The first-order valence-electron chi connectivity index (χ1n) is 5.04. The normalized spacial score (nSPS) is 12.4. The van der Waals surface area contributed by atoms with E-state index < -0.39 is 0 Å². The summed E-state index contributed by atoms with van der Waals surface area (Å²) < 4.78 is 0. The molecule has 0 atom stereocenters. The van der Waals surface area contributed by atoms with Gasteiger partial charge in [0.1, 0.15) is 0 Å². The van der Waals surface area contributed by atoms with Crippen molar-refractivity contribution < 1.29 is 4.79 Å². The van der Waals surface area contributed by atoms with Crippen molar-refractivity contribution in [3.05, 3.63) is 11.1 Å². The molecule has 0 heterocycles. The topological polar surface area (TPSA) is 20.3 Å². The van der Waals surface area contributed by atoms with Gasteiger partial charge in [-0.2, -0.15) is 0 Å². The third-order valence-electron chi connectivity index (χ3n) is 2.54. The van der Waals surface area contributed by atoms with Crippen LogP contribution in [0.1, 0.15) is 41.0 Å². The summed E-state index contributed by atoms with van der Waals surface area (Å²) in [4.78, 5) is 13.6. The Labute approximate surface area is 81.6 Å². The minimum atomic E-state index is 0.185. The predicted octanol–water partition coefficient (Wildman–Crippen LogP) is 2.60. The fourth-order valence-corrected chi connectivity index (χ4v) is 1.20. The summed E-state index contributed by atoms with van der Waals surface area (Å²) in [5.41, 5.74) is 2.10. The van der Waals surface area contributed by atoms with Gasteiger partial charge in [-0.05, 0) is 34.1 Å². The van der Waals surface area contributed by atoms with E-state index in [1.54, 1.807) is 0 Å². The van der Waals surface area contributed by atoms with Gasteiger partial charge in [0.25, 0.3) is 0 Å². The monoisotopic (exact) mass is 183 g/mol. The second kappa shape index (κ2) is 5.79. The molecule has 0 aromatic rings. The molecule has 1 amide bonds. The number of rotatable bonds is 4. The van der Waals surface area contributed by atoms with E-state index in [2.05, 4.69) is 6.92 Å². The Morgan fingerprint density at radius 1 is 1.08 bits per heavy atom. The molecule has 2 nitrogen and oxygen atoms in total. The molecule has 0 aliphatic heterocycles. The van der Waals surface area contributed by atoms with Crippen LogP contribution in [-0.2, 0) is 4.79 Å². The molecule has 0 aromatic carbocycles. The number of amides is 1. The van der Waals surface area contributed by atoms with Gasteiger partial charge in [0.15, 0.2) is 0 Å². The number of likely N-dealkylation sites (N-methyl/N-ethyl adjacent to an activating group) is 1. The van der Waals surface area contributed by atoms with Gasteiger partial charge in [-0.3, -0.25) is 4.79 Å². The van der Waals surface area contributed by atoms with Crippen molar-refractivity contribution in [2.24, 2.45) is 0 Å². The van der Waals surface area contributed by atoms with Crippen molar-refractivity contribution in [3.8, 4) is 0 Å². The van der Waals surface area contributed by atoms with Gasteiger partial charge in [0.2, 0.25) is 5.91 Å². The Balaban J connectivity index is 4.58. The highest BCUT2D eigenvalue weighted by molar-refractivity contribution is 5.93. The standard InChI is InChI=1S/C11H21NO/c1-6-9(4)10(5)11(13)12(7-2)8-3/h6-8H2,1-5H3/b10-9+. The van der Waals surface area contributed by atoms with Crippen molar-refractivity contribution in [1.82, 2.24) is 4.90 Å². The van der Waals surface area contributed by atoms with E-state index in [1.807, 2.05) is 32.6 Å². The van der Waals surface area contributed by atoms with E-state index in [4.69, 9.17) is 0 Å². The van der Waals surface area contributed by atoms with Crippen LogP contribution in [-0.4, -0.2) is 23.9 Å². The molecule has 0 aliphatic carbocycles. The highest BCUT2D eigenvalue weighted by Gasteiger charge is 2.12. The summed E-state index contributed by atoms with van der Waals surface area (Å²) in [5.74, 6) is 0.185. The number of hydrogen-bond acceptors (Lipinski definition) is 1. The SMILES string of the molecule is CC/C(C)=C(\C)C(=O)N(CC)CC. The Hall–Kier alpha value is -0.790. The van der Waals surface area contributed by atoms with Crippen LogP contribution in [0.4, 0.5) is 0 Å². The average molecular weight is 183 g/mol. The van der Waals surface area contributed by atoms with Crippen molar-refractivity contribution in [3.63, 3.8) is 0 Å². The van der Waals surface area contributed by atoms with Crippen LogP contribution in [0.2, 0.25) is 0 Å². The summed E-state index contributed by atoms with van der Waals surface area (Å²) in [6.45, 7) is 11.6. The second-order valence-electron chi connectivity index (χ2n) is 3.24. The third kappa shape index (κ3) is 3.21. The van der Waals surface area contributed by atoms with E-state index in [9.17, 15) is 4.79 Å². The average Bonchev–Trinajstić information content (AvgIpc) is 2.17. The summed E-state index contributed by atoms with van der Waals surface area (Å²) in [6, 6.07) is 0. The molecule has 0 bridgehead atoms. The molecule has 0 fully saturated rings. The summed E-state index contributed by atoms with van der Waals surface area (Å²) >= 11 is 0. The van der Waals surface area contributed by atoms with E-state index in [0.29, 0.717) is 0 Å². The molecule has 0 unspecified atom stereocenters. The van der Waals surface area contributed by atoms with Crippen molar-refractivity contribution in [1.29, 1.82) is 0 Å². The maximum atomic E-state index is 11.8. The van der Waals surface area contributed by atoms with Crippen molar-refractivity contribution in [2.75, 3.05) is 13.1 Å². The molecule has 0 radical (unpaired) electrons. The maximum Gasteiger partial charge on any atom is 0.249 e. The molecule has 0 spiro atoms. The highest BCUT2D eigenvalue weighted by atomic mass is 16.2. The Bertz CT molecular complexity index is 202. The largest absolute Gasteiger partial charge is 0.339 e. The first kappa shape index (κ1) is 12.2. The van der Waals surface area contributed by atoms with E-state index in [1.165, 1.54) is 5.57 Å². The molecular formula is C11H21NO. The predicted molar refractivity (Wildman–Crippen MR) is 56.6 cm³/mol. The van der Waals surface area contributed by atoms with Gasteiger partial charge in [0.05, 0.1) is 0 Å². The van der Waals surface area contributed by atoms with Crippen molar-refractivity contribution in [2.45, 2.75) is 41.0 Å². The maximum absolute atomic E-state index is 11.8. The van der Waals surface area contributed by atoms with Gasteiger partial charge in [-0.15, -0.1) is 0 Å². The van der Waals surface area contributed by atoms with Crippen LogP contribution in [0.3, 0.4) is 0 Å². The first-order chi connectivity index (χ1) is 6.08. The zero-order valence-corrected chi connectivity index (χ0v) is 9.48. The zero-order valence-electron chi connectivity index (χ0n) is 9.48. The van der Waals surface area contributed by atoms with Crippen LogP contribution >= 0.6 is 0 Å². The molecule has 13 heavy (non-hydrogen) atoms. The lowest BCUT2D eigenvalue weighted by atomic mass is 10.1. The molecule has 2 heteroatoms.